The highest BCUT2D eigenvalue weighted by Crippen LogP contribution is 2.70. The lowest BCUT2D eigenvalue weighted by atomic mass is 9.42. The Hall–Kier alpha value is -5.86. The first-order valence-corrected chi connectivity index (χ1v) is 19.9. The maximum Gasteiger partial charge on any atom is 0.135 e. The monoisotopic (exact) mass is 695 g/mol. The van der Waals surface area contributed by atoms with Crippen LogP contribution in [-0.4, -0.2) is 0 Å². The highest BCUT2D eigenvalue weighted by Gasteiger charge is 2.62. The van der Waals surface area contributed by atoms with Crippen molar-refractivity contribution in [2.75, 3.05) is 4.90 Å². The fourth-order valence-electron chi connectivity index (χ4n) is 12.0. The normalized spacial score (nSPS) is 23.3. The molecule has 0 saturated heterocycles. The van der Waals surface area contributed by atoms with Gasteiger partial charge in [0.15, 0.2) is 0 Å². The van der Waals surface area contributed by atoms with Crippen molar-refractivity contribution < 1.29 is 4.42 Å². The van der Waals surface area contributed by atoms with E-state index < -0.39 is 0 Å². The molecule has 54 heavy (non-hydrogen) atoms. The van der Waals surface area contributed by atoms with Gasteiger partial charge in [0.2, 0.25) is 0 Å². The molecule has 7 aromatic carbocycles. The van der Waals surface area contributed by atoms with Gasteiger partial charge in [0.1, 0.15) is 11.2 Å². The molecule has 1 spiro atoms. The summed E-state index contributed by atoms with van der Waals surface area (Å²) in [5.41, 5.74) is 16.7. The smallest absolute Gasteiger partial charge is 0.135 e. The molecule has 13 rings (SSSR count). The number of para-hydroxylation sites is 1. The van der Waals surface area contributed by atoms with E-state index in [0.717, 1.165) is 62.7 Å². The first-order chi connectivity index (χ1) is 26.7. The van der Waals surface area contributed by atoms with Gasteiger partial charge in [-0.1, -0.05) is 115 Å². The summed E-state index contributed by atoms with van der Waals surface area (Å²) in [5.74, 6) is 3.31. The number of rotatable bonds is 5. The fraction of sp³-hybridized carbons (Fsp3) is 0.192. The third-order valence-electron chi connectivity index (χ3n) is 13.8. The van der Waals surface area contributed by atoms with Crippen LogP contribution < -0.4 is 4.90 Å². The van der Waals surface area contributed by atoms with Gasteiger partial charge < -0.3 is 9.32 Å². The Morgan fingerprint density at radius 2 is 1.06 bits per heavy atom. The third-order valence-corrected chi connectivity index (χ3v) is 13.8. The first kappa shape index (κ1) is 30.6. The second kappa shape index (κ2) is 11.6. The van der Waals surface area contributed by atoms with Crippen LogP contribution in [-0.2, 0) is 5.41 Å². The molecule has 0 aliphatic heterocycles. The van der Waals surface area contributed by atoms with Crippen LogP contribution in [0.15, 0.2) is 168 Å². The van der Waals surface area contributed by atoms with E-state index in [4.69, 9.17) is 4.42 Å². The number of furan rings is 1. The molecule has 1 aromatic heterocycles. The number of nitrogens with zero attached hydrogens (tertiary/aromatic N) is 1. The van der Waals surface area contributed by atoms with Crippen molar-refractivity contribution in [1.82, 2.24) is 0 Å². The van der Waals surface area contributed by atoms with Gasteiger partial charge in [0.05, 0.1) is 0 Å². The Labute approximate surface area is 316 Å². The highest BCUT2D eigenvalue weighted by atomic mass is 16.3. The predicted molar refractivity (Wildman–Crippen MR) is 223 cm³/mol. The molecule has 0 N–H and O–H groups in total. The molecule has 4 fully saturated rings. The molecule has 5 aliphatic carbocycles. The molecule has 260 valence electrons. The number of anilines is 3. The van der Waals surface area contributed by atoms with Crippen LogP contribution in [0.3, 0.4) is 0 Å². The summed E-state index contributed by atoms with van der Waals surface area (Å²) in [7, 11) is 0. The average molecular weight is 696 g/mol. The van der Waals surface area contributed by atoms with Crippen molar-refractivity contribution in [3.63, 3.8) is 0 Å². The van der Waals surface area contributed by atoms with Crippen LogP contribution in [0.25, 0.3) is 55.3 Å². The molecule has 5 aliphatic rings. The molecule has 0 radical (unpaired) electrons. The van der Waals surface area contributed by atoms with E-state index in [1.807, 2.05) is 6.07 Å². The van der Waals surface area contributed by atoms with E-state index in [1.54, 1.807) is 11.1 Å². The van der Waals surface area contributed by atoms with E-state index >= 15 is 0 Å². The van der Waals surface area contributed by atoms with Crippen LogP contribution in [0.2, 0.25) is 0 Å². The number of benzene rings is 7. The number of hydrogen-bond donors (Lipinski definition) is 0. The molecule has 0 unspecified atom stereocenters. The quantitative estimate of drug-likeness (QED) is 0.178. The molecular formula is C52H41NO. The lowest BCUT2D eigenvalue weighted by Crippen LogP contribution is -2.55. The van der Waals surface area contributed by atoms with E-state index in [-0.39, 0.29) is 5.41 Å². The zero-order valence-electron chi connectivity index (χ0n) is 30.3. The van der Waals surface area contributed by atoms with E-state index in [1.165, 1.54) is 65.5 Å². The van der Waals surface area contributed by atoms with Crippen LogP contribution >= 0.6 is 0 Å². The molecule has 0 atom stereocenters. The highest BCUT2D eigenvalue weighted by molar-refractivity contribution is 6.06. The molecular weight excluding hydrogens is 655 g/mol. The Morgan fingerprint density at radius 3 is 1.89 bits per heavy atom. The van der Waals surface area contributed by atoms with Crippen molar-refractivity contribution in [1.29, 1.82) is 0 Å². The summed E-state index contributed by atoms with van der Waals surface area (Å²) in [4.78, 5) is 2.40. The van der Waals surface area contributed by atoms with Crippen molar-refractivity contribution >= 4 is 39.0 Å². The Kier molecular flexibility index (Phi) is 6.55. The lowest BCUT2D eigenvalue weighted by Gasteiger charge is -2.61. The van der Waals surface area contributed by atoms with E-state index in [9.17, 15) is 0 Å². The second-order valence-electron chi connectivity index (χ2n) is 16.5. The first-order valence-electron chi connectivity index (χ1n) is 19.9. The van der Waals surface area contributed by atoms with Crippen LogP contribution in [0, 0.1) is 23.7 Å². The Balaban J connectivity index is 1.01. The molecule has 4 saturated carbocycles. The van der Waals surface area contributed by atoms with Crippen LogP contribution in [0.4, 0.5) is 17.1 Å². The minimum absolute atomic E-state index is 0.126. The fourth-order valence-corrected chi connectivity index (χ4v) is 12.0. The van der Waals surface area contributed by atoms with Gasteiger partial charge in [0.25, 0.3) is 0 Å². The van der Waals surface area contributed by atoms with E-state index in [2.05, 4.69) is 163 Å². The van der Waals surface area contributed by atoms with Crippen molar-refractivity contribution in [2.24, 2.45) is 23.7 Å². The van der Waals surface area contributed by atoms with Gasteiger partial charge in [-0.05, 0) is 149 Å². The van der Waals surface area contributed by atoms with Crippen molar-refractivity contribution in [3.05, 3.63) is 175 Å². The van der Waals surface area contributed by atoms with Crippen LogP contribution in [0.1, 0.15) is 43.2 Å². The molecule has 8 aromatic rings. The van der Waals surface area contributed by atoms with Crippen molar-refractivity contribution in [3.8, 4) is 33.4 Å². The molecule has 0 amide bonds. The summed E-state index contributed by atoms with van der Waals surface area (Å²) in [6.45, 7) is 0. The van der Waals surface area contributed by atoms with Crippen LogP contribution in [0.5, 0.6) is 0 Å². The SMILES string of the molecule is c1ccc(-c2cccc(N(c3ccc(-c4cccc5c4C4(c6ccccc6-5)C5CC6CC(C5)CC4C6)cc3)c3ccc4oc5ccccc5c4c3)c2)cc1. The maximum atomic E-state index is 6.26. The summed E-state index contributed by atoms with van der Waals surface area (Å²) in [5, 5.41) is 2.27. The largest absolute Gasteiger partial charge is 0.456 e. The average Bonchev–Trinajstić information content (AvgIpc) is 3.74. The summed E-state index contributed by atoms with van der Waals surface area (Å²) >= 11 is 0. The van der Waals surface area contributed by atoms with Gasteiger partial charge in [-0.3, -0.25) is 0 Å². The summed E-state index contributed by atoms with van der Waals surface area (Å²) < 4.78 is 6.26. The Morgan fingerprint density at radius 1 is 0.426 bits per heavy atom. The van der Waals surface area contributed by atoms with Crippen molar-refractivity contribution in [2.45, 2.75) is 37.5 Å². The van der Waals surface area contributed by atoms with Gasteiger partial charge in [-0.25, -0.2) is 0 Å². The van der Waals surface area contributed by atoms with E-state index in [0.29, 0.717) is 0 Å². The lowest BCUT2D eigenvalue weighted by molar-refractivity contribution is -0.0397. The third kappa shape index (κ3) is 4.34. The topological polar surface area (TPSA) is 16.4 Å². The van der Waals surface area contributed by atoms with Gasteiger partial charge in [-0.15, -0.1) is 0 Å². The summed E-state index contributed by atoms with van der Waals surface area (Å²) in [6, 6.07) is 60.7. The van der Waals surface area contributed by atoms with Gasteiger partial charge >= 0.3 is 0 Å². The number of hydrogen-bond acceptors (Lipinski definition) is 2. The molecule has 1 heterocycles. The molecule has 2 nitrogen and oxygen atoms in total. The summed E-state index contributed by atoms with van der Waals surface area (Å²) in [6.07, 6.45) is 7.03. The number of fused-ring (bicyclic) bond motifs is 6. The second-order valence-corrected chi connectivity index (χ2v) is 16.5. The zero-order valence-corrected chi connectivity index (χ0v) is 30.3. The predicted octanol–water partition coefficient (Wildman–Crippen LogP) is 14.1. The van der Waals surface area contributed by atoms with Gasteiger partial charge in [0, 0.05) is 33.2 Å². The minimum Gasteiger partial charge on any atom is -0.456 e. The molecule has 2 heteroatoms. The standard InChI is InChI=1S/C52H41NO/c1-2-10-35(11-3-1)37-12-8-13-41(31-37)53(42-24-25-50-47(32-42)45-15-5-7-19-49(45)54-50)40-22-20-36(21-23-40)43-16-9-17-46-44-14-4-6-18-48(44)52(51(43)46)38-27-33-26-34(29-38)30-39(52)28-33/h1-25,31-34,38-39H,26-30H2. The minimum atomic E-state index is 0.126. The maximum absolute atomic E-state index is 6.26. The molecule has 4 bridgehead atoms. The Bertz CT molecular complexity index is 2710. The zero-order chi connectivity index (χ0) is 35.4. The van der Waals surface area contributed by atoms with Gasteiger partial charge in [-0.2, -0.15) is 0 Å².